The summed E-state index contributed by atoms with van der Waals surface area (Å²) in [6.45, 7) is 1.97. The molecule has 1 atom stereocenters. The third-order valence-electron chi connectivity index (χ3n) is 3.09. The van der Waals surface area contributed by atoms with Crippen LogP contribution in [0.4, 0.5) is 4.39 Å². The van der Waals surface area contributed by atoms with E-state index >= 15 is 0 Å². The van der Waals surface area contributed by atoms with E-state index < -0.39 is 0 Å². The summed E-state index contributed by atoms with van der Waals surface area (Å²) in [4.78, 5) is 0. The summed E-state index contributed by atoms with van der Waals surface area (Å²) in [5.41, 5.74) is 2.04. The van der Waals surface area contributed by atoms with Crippen LogP contribution in [0, 0.1) is 24.1 Å². The predicted octanol–water partition coefficient (Wildman–Crippen LogP) is 3.47. The van der Waals surface area contributed by atoms with Gasteiger partial charge in [0.1, 0.15) is 10.6 Å². The standard InChI is InChI=1S/C13H14FNS/c1-10-3-4-12(14)7-11(10)8-13(9-15)5-2-6-16-13/h3-4,7H,2,5-6,8H2,1H3. The molecule has 0 N–H and O–H groups in total. The summed E-state index contributed by atoms with van der Waals surface area (Å²) in [6, 6.07) is 7.23. The first kappa shape index (κ1) is 11.5. The van der Waals surface area contributed by atoms with Gasteiger partial charge in [-0.25, -0.2) is 4.39 Å². The first-order valence-corrected chi connectivity index (χ1v) is 6.44. The number of halogens is 1. The average molecular weight is 235 g/mol. The number of benzene rings is 1. The van der Waals surface area contributed by atoms with Crippen LogP contribution in [0.3, 0.4) is 0 Å². The topological polar surface area (TPSA) is 23.8 Å². The Morgan fingerprint density at radius 2 is 2.38 bits per heavy atom. The molecule has 1 aromatic carbocycles. The summed E-state index contributed by atoms with van der Waals surface area (Å²) in [7, 11) is 0. The summed E-state index contributed by atoms with van der Waals surface area (Å²) in [5, 5.41) is 9.27. The quantitative estimate of drug-likeness (QED) is 0.783. The molecule has 16 heavy (non-hydrogen) atoms. The zero-order valence-electron chi connectivity index (χ0n) is 9.29. The molecule has 0 aromatic heterocycles. The Bertz CT molecular complexity index is 430. The molecule has 1 heterocycles. The van der Waals surface area contributed by atoms with Crippen LogP contribution < -0.4 is 0 Å². The van der Waals surface area contributed by atoms with Crippen LogP contribution in [-0.2, 0) is 6.42 Å². The van der Waals surface area contributed by atoms with Crippen molar-refractivity contribution in [3.05, 3.63) is 35.1 Å². The third-order valence-corrected chi connectivity index (χ3v) is 4.58. The zero-order chi connectivity index (χ0) is 11.6. The minimum absolute atomic E-state index is 0.211. The maximum Gasteiger partial charge on any atom is 0.123 e. The molecule has 1 fully saturated rings. The zero-order valence-corrected chi connectivity index (χ0v) is 10.1. The van der Waals surface area contributed by atoms with Crippen LogP contribution in [0.5, 0.6) is 0 Å². The van der Waals surface area contributed by atoms with Gasteiger partial charge in [-0.1, -0.05) is 6.07 Å². The third kappa shape index (κ3) is 2.22. The molecular weight excluding hydrogens is 221 g/mol. The largest absolute Gasteiger partial charge is 0.207 e. The first-order chi connectivity index (χ1) is 7.65. The molecule has 3 heteroatoms. The van der Waals surface area contributed by atoms with Crippen LogP contribution in [0.15, 0.2) is 18.2 Å². The van der Waals surface area contributed by atoms with Crippen molar-refractivity contribution in [1.82, 2.24) is 0 Å². The lowest BCUT2D eigenvalue weighted by Crippen LogP contribution is -2.22. The number of nitriles is 1. The first-order valence-electron chi connectivity index (χ1n) is 5.45. The van der Waals surface area contributed by atoms with Crippen LogP contribution >= 0.6 is 11.8 Å². The van der Waals surface area contributed by atoms with E-state index in [-0.39, 0.29) is 10.6 Å². The van der Waals surface area contributed by atoms with Gasteiger partial charge in [0.05, 0.1) is 6.07 Å². The lowest BCUT2D eigenvalue weighted by atomic mass is 9.93. The Labute approximate surface area is 99.7 Å². The minimum Gasteiger partial charge on any atom is -0.207 e. The fraction of sp³-hybridized carbons (Fsp3) is 0.462. The molecule has 0 spiro atoms. The number of nitrogens with zero attached hydrogens (tertiary/aromatic N) is 1. The Balaban J connectivity index is 2.26. The summed E-state index contributed by atoms with van der Waals surface area (Å²) in [6.07, 6.45) is 2.68. The second kappa shape index (κ2) is 4.47. The normalized spacial score (nSPS) is 24.3. The molecule has 1 unspecified atom stereocenters. The fourth-order valence-corrected chi connectivity index (χ4v) is 3.39. The maximum atomic E-state index is 13.2. The lowest BCUT2D eigenvalue weighted by Gasteiger charge is -2.20. The number of hydrogen-bond donors (Lipinski definition) is 0. The smallest absolute Gasteiger partial charge is 0.123 e. The van der Waals surface area contributed by atoms with E-state index in [4.69, 9.17) is 0 Å². The number of thioether (sulfide) groups is 1. The molecule has 0 radical (unpaired) electrons. The van der Waals surface area contributed by atoms with Crippen molar-refractivity contribution >= 4 is 11.8 Å². The number of hydrogen-bond acceptors (Lipinski definition) is 2. The molecule has 0 saturated carbocycles. The van der Waals surface area contributed by atoms with Gasteiger partial charge in [-0.3, -0.25) is 0 Å². The van der Waals surface area contributed by atoms with E-state index in [9.17, 15) is 9.65 Å². The van der Waals surface area contributed by atoms with Crippen LogP contribution in [-0.4, -0.2) is 10.5 Å². The molecule has 1 aliphatic heterocycles. The van der Waals surface area contributed by atoms with E-state index in [1.54, 1.807) is 23.9 Å². The van der Waals surface area contributed by atoms with Crippen LogP contribution in [0.2, 0.25) is 0 Å². The van der Waals surface area contributed by atoms with Gasteiger partial charge in [0.25, 0.3) is 0 Å². The molecule has 0 bridgehead atoms. The highest BCUT2D eigenvalue weighted by Gasteiger charge is 2.35. The van der Waals surface area contributed by atoms with Crippen LogP contribution in [0.1, 0.15) is 24.0 Å². The number of aryl methyl sites for hydroxylation is 1. The molecule has 1 aliphatic rings. The van der Waals surface area contributed by atoms with Crippen molar-refractivity contribution in [2.24, 2.45) is 0 Å². The lowest BCUT2D eigenvalue weighted by molar-refractivity contribution is 0.618. The van der Waals surface area contributed by atoms with Crippen molar-refractivity contribution in [3.63, 3.8) is 0 Å². The van der Waals surface area contributed by atoms with Crippen molar-refractivity contribution in [2.45, 2.75) is 30.9 Å². The second-order valence-electron chi connectivity index (χ2n) is 4.31. The van der Waals surface area contributed by atoms with Crippen molar-refractivity contribution < 1.29 is 4.39 Å². The molecule has 1 nitrogen and oxygen atoms in total. The van der Waals surface area contributed by atoms with Gasteiger partial charge in [0, 0.05) is 6.42 Å². The second-order valence-corrected chi connectivity index (χ2v) is 5.78. The monoisotopic (exact) mass is 235 g/mol. The Morgan fingerprint density at radius 1 is 1.56 bits per heavy atom. The molecule has 2 rings (SSSR count). The Hall–Kier alpha value is -1.01. The minimum atomic E-state index is -0.321. The van der Waals surface area contributed by atoms with Gasteiger partial charge in [0.15, 0.2) is 0 Å². The van der Waals surface area contributed by atoms with Gasteiger partial charge in [-0.05, 0) is 48.8 Å². The van der Waals surface area contributed by atoms with E-state index in [2.05, 4.69) is 6.07 Å². The average Bonchev–Trinajstić information content (AvgIpc) is 2.73. The van der Waals surface area contributed by atoms with Crippen molar-refractivity contribution in [3.8, 4) is 6.07 Å². The number of rotatable bonds is 2. The van der Waals surface area contributed by atoms with Crippen molar-refractivity contribution in [1.29, 1.82) is 5.26 Å². The van der Waals surface area contributed by atoms with Gasteiger partial charge < -0.3 is 0 Å². The van der Waals surface area contributed by atoms with Gasteiger partial charge in [-0.2, -0.15) is 5.26 Å². The predicted molar refractivity (Wildman–Crippen MR) is 64.9 cm³/mol. The SMILES string of the molecule is Cc1ccc(F)cc1CC1(C#N)CCCS1. The summed E-state index contributed by atoms with van der Waals surface area (Å²) < 4.78 is 12.8. The highest BCUT2D eigenvalue weighted by molar-refractivity contribution is 8.01. The molecule has 0 amide bonds. The van der Waals surface area contributed by atoms with E-state index in [1.165, 1.54) is 6.07 Å². The van der Waals surface area contributed by atoms with Gasteiger partial charge in [0.2, 0.25) is 0 Å². The van der Waals surface area contributed by atoms with E-state index in [0.29, 0.717) is 6.42 Å². The van der Waals surface area contributed by atoms with Crippen molar-refractivity contribution in [2.75, 3.05) is 5.75 Å². The Kier molecular flexibility index (Phi) is 3.20. The van der Waals surface area contributed by atoms with Gasteiger partial charge >= 0.3 is 0 Å². The molecule has 1 saturated heterocycles. The highest BCUT2D eigenvalue weighted by Crippen LogP contribution is 2.40. The fourth-order valence-electron chi connectivity index (χ4n) is 2.10. The maximum absolute atomic E-state index is 13.2. The molecule has 0 aliphatic carbocycles. The molecule has 1 aromatic rings. The highest BCUT2D eigenvalue weighted by atomic mass is 32.2. The molecule has 84 valence electrons. The Morgan fingerprint density at radius 3 is 3.00 bits per heavy atom. The van der Waals surface area contributed by atoms with E-state index in [0.717, 1.165) is 29.7 Å². The molecular formula is C13H14FNS. The van der Waals surface area contributed by atoms with Gasteiger partial charge in [-0.15, -0.1) is 11.8 Å². The summed E-state index contributed by atoms with van der Waals surface area (Å²) in [5.74, 6) is 0.832. The van der Waals surface area contributed by atoms with E-state index in [1.807, 2.05) is 6.92 Å². The summed E-state index contributed by atoms with van der Waals surface area (Å²) >= 11 is 1.72. The van der Waals surface area contributed by atoms with Crippen LogP contribution in [0.25, 0.3) is 0 Å².